The molecule has 5 aliphatic rings. The van der Waals surface area contributed by atoms with Gasteiger partial charge in [-0.05, 0) is 62.5 Å². The van der Waals surface area contributed by atoms with Crippen LogP contribution in [0.15, 0.2) is 47.1 Å². The van der Waals surface area contributed by atoms with Crippen LogP contribution in [0.4, 0.5) is 0 Å². The summed E-state index contributed by atoms with van der Waals surface area (Å²) in [6.07, 6.45) is 12.8. The van der Waals surface area contributed by atoms with Crippen molar-refractivity contribution < 1.29 is 34.0 Å². The van der Waals surface area contributed by atoms with Gasteiger partial charge in [-0.15, -0.1) is 0 Å². The first-order valence-corrected chi connectivity index (χ1v) is 14.8. The van der Waals surface area contributed by atoms with Crippen LogP contribution < -0.4 is 0 Å². The van der Waals surface area contributed by atoms with E-state index >= 15 is 0 Å². The topological polar surface area (TPSA) is 94.5 Å². The van der Waals surface area contributed by atoms with Gasteiger partial charge in [-0.1, -0.05) is 56.7 Å². The third-order valence-electron chi connectivity index (χ3n) is 9.50. The summed E-state index contributed by atoms with van der Waals surface area (Å²) in [4.78, 5) is 13.9. The number of aliphatic hydroxyl groups is 2. The number of carbonyl (C=O) groups is 1. The molecule has 0 amide bonds. The van der Waals surface area contributed by atoms with Gasteiger partial charge in [0.2, 0.25) is 0 Å². The van der Waals surface area contributed by atoms with Crippen LogP contribution >= 0.6 is 0 Å². The van der Waals surface area contributed by atoms with Crippen molar-refractivity contribution in [3.8, 4) is 0 Å². The Morgan fingerprint density at radius 2 is 1.95 bits per heavy atom. The van der Waals surface area contributed by atoms with Crippen LogP contribution in [0.5, 0.6) is 0 Å². The van der Waals surface area contributed by atoms with Gasteiger partial charge >= 0.3 is 5.97 Å². The molecule has 0 saturated carbocycles. The summed E-state index contributed by atoms with van der Waals surface area (Å²) in [7, 11) is 0. The molecule has 3 saturated heterocycles. The minimum atomic E-state index is -1.68. The van der Waals surface area contributed by atoms with Crippen molar-refractivity contribution in [1.82, 2.24) is 0 Å². The average molecular weight is 543 g/mol. The van der Waals surface area contributed by atoms with Gasteiger partial charge in [0.15, 0.2) is 5.79 Å². The van der Waals surface area contributed by atoms with Crippen molar-refractivity contribution in [1.29, 1.82) is 0 Å². The van der Waals surface area contributed by atoms with Crippen LogP contribution in [-0.4, -0.2) is 64.7 Å². The van der Waals surface area contributed by atoms with E-state index in [-0.39, 0.29) is 18.8 Å². The molecule has 2 N–H and O–H groups in total. The molecule has 39 heavy (non-hydrogen) atoms. The minimum absolute atomic E-state index is 0.104. The maximum absolute atomic E-state index is 13.9. The largest absolute Gasteiger partial charge is 0.462 e. The fraction of sp³-hybridized carbons (Fsp3) is 0.719. The van der Waals surface area contributed by atoms with Gasteiger partial charge in [-0.3, -0.25) is 4.79 Å². The number of rotatable bonds is 1. The van der Waals surface area contributed by atoms with Crippen molar-refractivity contribution in [2.45, 2.75) is 121 Å². The van der Waals surface area contributed by atoms with E-state index in [1.807, 2.05) is 12.2 Å². The summed E-state index contributed by atoms with van der Waals surface area (Å²) in [5.74, 6) is -1.52. The highest BCUT2D eigenvalue weighted by Crippen LogP contribution is 2.47. The molecule has 0 unspecified atom stereocenters. The lowest BCUT2D eigenvalue weighted by Crippen LogP contribution is -2.58. The number of fused-ring (bicyclic) bond motifs is 2. The van der Waals surface area contributed by atoms with Gasteiger partial charge in [0, 0.05) is 19.3 Å². The molecule has 3 fully saturated rings. The van der Waals surface area contributed by atoms with Gasteiger partial charge < -0.3 is 29.2 Å². The summed E-state index contributed by atoms with van der Waals surface area (Å²) in [6, 6.07) is 0. The highest BCUT2D eigenvalue weighted by atomic mass is 16.7. The van der Waals surface area contributed by atoms with Gasteiger partial charge in [0.05, 0.1) is 18.8 Å². The second-order valence-electron chi connectivity index (χ2n) is 12.7. The number of allylic oxidation sites excluding steroid dienone is 4. The molecule has 7 nitrogen and oxygen atoms in total. The Hall–Kier alpha value is -1.77. The summed E-state index contributed by atoms with van der Waals surface area (Å²) in [5, 5.41) is 22.9. The van der Waals surface area contributed by atoms with E-state index in [9.17, 15) is 15.0 Å². The van der Waals surface area contributed by atoms with Crippen LogP contribution in [0.25, 0.3) is 0 Å². The predicted molar refractivity (Wildman–Crippen MR) is 148 cm³/mol. The van der Waals surface area contributed by atoms with Crippen LogP contribution in [-0.2, 0) is 23.7 Å². The van der Waals surface area contributed by atoms with Gasteiger partial charge in [0.1, 0.15) is 29.8 Å². The standard InChI is InChI=1S/C32H46O7/c1-6-27-21(4)12-13-31(39-27)17-25-16-24(38-31)11-10-20(3)14-19(2)8-7-9-23-18-36-29-28(33)22(5)15-26(30(34)37-25)32(23,29)35/h7-10,15,19,21,24-29,33,35H,6,11-14,16-18H2,1-5H3/b8-7-,20-10-,23-9?/t19-,21-,24+,25-,26-,27+,28+,29+,31+,32+/m0/s1. The zero-order chi connectivity index (χ0) is 27.9. The second-order valence-corrected chi connectivity index (χ2v) is 12.7. The first-order chi connectivity index (χ1) is 18.5. The van der Waals surface area contributed by atoms with E-state index in [1.54, 1.807) is 13.0 Å². The molecule has 4 aliphatic heterocycles. The Morgan fingerprint density at radius 3 is 2.72 bits per heavy atom. The van der Waals surface area contributed by atoms with Crippen LogP contribution in [0.1, 0.15) is 79.6 Å². The third-order valence-corrected chi connectivity index (χ3v) is 9.50. The Kier molecular flexibility index (Phi) is 8.29. The Labute approximate surface area is 232 Å². The average Bonchev–Trinajstić information content (AvgIpc) is 3.23. The number of carbonyl (C=O) groups excluding carboxylic acids is 1. The summed E-state index contributed by atoms with van der Waals surface area (Å²) in [5.41, 5.74) is 0.788. The number of hydrogen-bond donors (Lipinski definition) is 2. The zero-order valence-corrected chi connectivity index (χ0v) is 24.1. The molecule has 5 rings (SSSR count). The molecular formula is C32H46O7. The summed E-state index contributed by atoms with van der Waals surface area (Å²) < 4.78 is 25.4. The number of esters is 1. The molecule has 10 atom stereocenters. The monoisotopic (exact) mass is 542 g/mol. The lowest BCUT2D eigenvalue weighted by atomic mass is 9.71. The third kappa shape index (κ3) is 5.58. The van der Waals surface area contributed by atoms with Crippen molar-refractivity contribution in [2.75, 3.05) is 6.61 Å². The maximum atomic E-state index is 13.9. The molecule has 7 heteroatoms. The molecule has 0 aromatic rings. The molecule has 0 aromatic carbocycles. The zero-order valence-electron chi connectivity index (χ0n) is 24.1. The number of ether oxygens (including phenoxy) is 4. The Bertz CT molecular complexity index is 1060. The Balaban J connectivity index is 1.51. The van der Waals surface area contributed by atoms with E-state index in [4.69, 9.17) is 18.9 Å². The van der Waals surface area contributed by atoms with Crippen molar-refractivity contribution in [3.63, 3.8) is 0 Å². The van der Waals surface area contributed by atoms with E-state index in [0.717, 1.165) is 32.1 Å². The fourth-order valence-corrected chi connectivity index (χ4v) is 7.23. The van der Waals surface area contributed by atoms with E-state index in [2.05, 4.69) is 39.8 Å². The molecule has 4 heterocycles. The highest BCUT2D eigenvalue weighted by molar-refractivity contribution is 5.78. The molecule has 0 radical (unpaired) electrons. The van der Waals surface area contributed by atoms with Gasteiger partial charge in [-0.25, -0.2) is 0 Å². The van der Waals surface area contributed by atoms with Crippen LogP contribution in [0.3, 0.4) is 0 Å². The smallest absolute Gasteiger partial charge is 0.316 e. The highest BCUT2D eigenvalue weighted by Gasteiger charge is 2.60. The van der Waals surface area contributed by atoms with Crippen LogP contribution in [0, 0.1) is 17.8 Å². The van der Waals surface area contributed by atoms with Gasteiger partial charge in [-0.2, -0.15) is 0 Å². The van der Waals surface area contributed by atoms with Gasteiger partial charge in [0.25, 0.3) is 0 Å². The van der Waals surface area contributed by atoms with Crippen molar-refractivity contribution in [2.24, 2.45) is 17.8 Å². The molecule has 1 aliphatic carbocycles. The lowest BCUT2D eigenvalue weighted by molar-refractivity contribution is -0.335. The maximum Gasteiger partial charge on any atom is 0.316 e. The van der Waals surface area contributed by atoms with E-state index in [1.165, 1.54) is 5.57 Å². The van der Waals surface area contributed by atoms with E-state index in [0.29, 0.717) is 35.8 Å². The quantitative estimate of drug-likeness (QED) is 0.359. The lowest BCUT2D eigenvalue weighted by Gasteiger charge is -2.50. The Morgan fingerprint density at radius 1 is 1.15 bits per heavy atom. The molecule has 1 spiro atoms. The normalized spacial score (nSPS) is 47.4. The number of hydrogen-bond acceptors (Lipinski definition) is 7. The molecular weight excluding hydrogens is 496 g/mol. The summed E-state index contributed by atoms with van der Waals surface area (Å²) in [6.45, 7) is 10.6. The predicted octanol–water partition coefficient (Wildman–Crippen LogP) is 4.92. The minimum Gasteiger partial charge on any atom is -0.462 e. The molecule has 0 aromatic heterocycles. The molecule has 216 valence electrons. The number of aliphatic hydroxyl groups excluding tert-OH is 1. The first kappa shape index (κ1) is 28.7. The second kappa shape index (κ2) is 11.2. The van der Waals surface area contributed by atoms with Crippen molar-refractivity contribution in [3.05, 3.63) is 47.1 Å². The first-order valence-electron chi connectivity index (χ1n) is 14.8. The summed E-state index contributed by atoms with van der Waals surface area (Å²) >= 11 is 0. The molecule has 2 bridgehead atoms. The SMILES string of the molecule is CC[C@H]1O[C@]2(CC[C@@H]1C)C[C@@H]1C[C@@H](C/C=C(/C)C[C@@H](C)/C=C\C=C3CO[C@@H]4[C@H](O)C(C)=C[C@@H](C(=O)O1)[C@]34O)O2. The van der Waals surface area contributed by atoms with E-state index < -0.39 is 41.6 Å². The fourth-order valence-electron chi connectivity index (χ4n) is 7.23. The van der Waals surface area contributed by atoms with Crippen molar-refractivity contribution >= 4 is 5.97 Å². The van der Waals surface area contributed by atoms with Crippen LogP contribution in [0.2, 0.25) is 0 Å².